The molecular formula is C29H27NO4S. The molecule has 4 aromatic rings. The number of benzene rings is 3. The van der Waals surface area contributed by atoms with Crippen molar-refractivity contribution >= 4 is 28.2 Å². The fourth-order valence-corrected chi connectivity index (χ4v) is 4.86. The van der Waals surface area contributed by atoms with E-state index in [1.54, 1.807) is 6.92 Å². The molecule has 0 radical (unpaired) electrons. The molecule has 1 amide bonds. The van der Waals surface area contributed by atoms with Crippen LogP contribution >= 0.6 is 11.3 Å². The van der Waals surface area contributed by atoms with E-state index in [1.165, 1.54) is 16.9 Å². The molecule has 0 atom stereocenters. The fraction of sp³-hybridized carbons (Fsp3) is 0.172. The van der Waals surface area contributed by atoms with Crippen molar-refractivity contribution in [1.82, 2.24) is 0 Å². The van der Waals surface area contributed by atoms with E-state index in [9.17, 15) is 9.59 Å². The van der Waals surface area contributed by atoms with Gasteiger partial charge in [-0.3, -0.25) is 4.79 Å². The van der Waals surface area contributed by atoms with Gasteiger partial charge in [-0.05, 0) is 49.6 Å². The third kappa shape index (κ3) is 5.78. The van der Waals surface area contributed by atoms with Crippen LogP contribution in [0.15, 0.2) is 78.9 Å². The third-order valence-electron chi connectivity index (χ3n) is 5.49. The molecule has 0 saturated heterocycles. The van der Waals surface area contributed by atoms with Crippen LogP contribution in [-0.2, 0) is 9.53 Å². The quantitative estimate of drug-likeness (QED) is 0.276. The summed E-state index contributed by atoms with van der Waals surface area (Å²) in [6.45, 7) is 5.81. The first-order chi connectivity index (χ1) is 17.0. The highest BCUT2D eigenvalue weighted by Crippen LogP contribution is 2.40. The van der Waals surface area contributed by atoms with Crippen molar-refractivity contribution in [1.29, 1.82) is 0 Å². The molecule has 1 aromatic heterocycles. The minimum atomic E-state index is -0.460. The molecule has 0 aliphatic rings. The van der Waals surface area contributed by atoms with Crippen LogP contribution in [0, 0.1) is 13.8 Å². The zero-order valence-electron chi connectivity index (χ0n) is 20.0. The Kier molecular flexibility index (Phi) is 7.63. The van der Waals surface area contributed by atoms with Gasteiger partial charge in [0.1, 0.15) is 16.3 Å². The minimum Gasteiger partial charge on any atom is -0.484 e. The molecule has 178 valence electrons. The highest BCUT2D eigenvalue weighted by atomic mass is 32.1. The molecule has 5 nitrogen and oxygen atoms in total. The predicted octanol–water partition coefficient (Wildman–Crippen LogP) is 6.89. The maximum atomic E-state index is 12.8. The van der Waals surface area contributed by atoms with E-state index in [-0.39, 0.29) is 19.1 Å². The van der Waals surface area contributed by atoms with Gasteiger partial charge in [0.15, 0.2) is 6.61 Å². The number of carbonyl (C=O) groups is 2. The van der Waals surface area contributed by atoms with E-state index < -0.39 is 5.97 Å². The van der Waals surface area contributed by atoms with Crippen molar-refractivity contribution in [3.63, 3.8) is 0 Å². The van der Waals surface area contributed by atoms with Crippen molar-refractivity contribution in [2.75, 3.05) is 18.5 Å². The van der Waals surface area contributed by atoms with Crippen molar-refractivity contribution in [2.45, 2.75) is 20.8 Å². The van der Waals surface area contributed by atoms with Crippen LogP contribution in [0.5, 0.6) is 5.75 Å². The molecule has 4 rings (SSSR count). The van der Waals surface area contributed by atoms with Gasteiger partial charge >= 0.3 is 5.97 Å². The monoisotopic (exact) mass is 485 g/mol. The van der Waals surface area contributed by atoms with Gasteiger partial charge in [0.25, 0.3) is 5.91 Å². The normalized spacial score (nSPS) is 10.6. The molecule has 1 heterocycles. The summed E-state index contributed by atoms with van der Waals surface area (Å²) in [6.07, 6.45) is 0. The van der Waals surface area contributed by atoms with Crippen molar-refractivity contribution in [3.05, 3.63) is 94.9 Å². The third-order valence-corrected chi connectivity index (χ3v) is 6.51. The van der Waals surface area contributed by atoms with Gasteiger partial charge in [-0.1, -0.05) is 72.3 Å². The Hall–Kier alpha value is -3.90. The number of rotatable bonds is 8. The topological polar surface area (TPSA) is 64.6 Å². The molecule has 6 heteroatoms. The van der Waals surface area contributed by atoms with Crippen molar-refractivity contribution in [2.24, 2.45) is 0 Å². The van der Waals surface area contributed by atoms with Gasteiger partial charge in [-0.15, -0.1) is 11.3 Å². The number of aryl methyl sites for hydroxylation is 2. The standard InChI is InChI=1S/C29H27NO4S/c1-4-33-29(32)27-26(23-8-6-5-7-9-23)20(3)35-28(27)30-25(31)18-34-24-16-14-22(15-17-24)21-12-10-19(2)11-13-21/h5-17H,4,18H2,1-3H3,(H,30,31). The van der Waals surface area contributed by atoms with E-state index in [0.29, 0.717) is 16.3 Å². The second kappa shape index (κ2) is 11.0. The molecule has 0 saturated carbocycles. The van der Waals surface area contributed by atoms with Crippen LogP contribution in [0.1, 0.15) is 27.7 Å². The molecule has 35 heavy (non-hydrogen) atoms. The average Bonchev–Trinajstić information content (AvgIpc) is 3.19. The Labute approximate surface area is 209 Å². The van der Waals surface area contributed by atoms with Crippen LogP contribution in [0.4, 0.5) is 5.00 Å². The Bertz CT molecular complexity index is 1310. The summed E-state index contributed by atoms with van der Waals surface area (Å²) < 4.78 is 11.0. The summed E-state index contributed by atoms with van der Waals surface area (Å²) in [4.78, 5) is 26.4. The molecule has 0 aliphatic carbocycles. The molecule has 0 spiro atoms. The number of esters is 1. The maximum absolute atomic E-state index is 12.8. The number of carbonyl (C=O) groups excluding carboxylic acids is 2. The van der Waals surface area contributed by atoms with Crippen molar-refractivity contribution in [3.8, 4) is 28.0 Å². The van der Waals surface area contributed by atoms with Crippen molar-refractivity contribution < 1.29 is 19.1 Å². The highest BCUT2D eigenvalue weighted by molar-refractivity contribution is 7.17. The molecule has 0 fully saturated rings. The van der Waals surface area contributed by atoms with Gasteiger partial charge in [-0.2, -0.15) is 0 Å². The molecule has 0 bridgehead atoms. The largest absolute Gasteiger partial charge is 0.484 e. The molecule has 1 N–H and O–H groups in total. The Morgan fingerprint density at radius 3 is 2.09 bits per heavy atom. The highest BCUT2D eigenvalue weighted by Gasteiger charge is 2.25. The summed E-state index contributed by atoms with van der Waals surface area (Å²) in [5.41, 5.74) is 5.45. The summed E-state index contributed by atoms with van der Waals surface area (Å²) in [5, 5.41) is 3.31. The summed E-state index contributed by atoms with van der Waals surface area (Å²) in [5.74, 6) is -0.216. The molecule has 0 aliphatic heterocycles. The van der Waals surface area contributed by atoms with Crippen LogP contribution in [0.3, 0.4) is 0 Å². The van der Waals surface area contributed by atoms with E-state index in [4.69, 9.17) is 9.47 Å². The van der Waals surface area contributed by atoms with Gasteiger partial charge in [-0.25, -0.2) is 4.79 Å². The number of hydrogen-bond donors (Lipinski definition) is 1. The first-order valence-electron chi connectivity index (χ1n) is 11.4. The number of ether oxygens (including phenoxy) is 2. The molecule has 3 aromatic carbocycles. The number of amides is 1. The lowest BCUT2D eigenvalue weighted by molar-refractivity contribution is -0.118. The lowest BCUT2D eigenvalue weighted by Crippen LogP contribution is -2.21. The predicted molar refractivity (Wildman–Crippen MR) is 141 cm³/mol. The van der Waals surface area contributed by atoms with Gasteiger partial charge in [0.2, 0.25) is 0 Å². The lowest BCUT2D eigenvalue weighted by Gasteiger charge is -2.10. The summed E-state index contributed by atoms with van der Waals surface area (Å²) >= 11 is 1.35. The van der Waals surface area contributed by atoms with Gasteiger partial charge < -0.3 is 14.8 Å². The van der Waals surface area contributed by atoms with E-state index >= 15 is 0 Å². The fourth-order valence-electron chi connectivity index (χ4n) is 3.78. The van der Waals surface area contributed by atoms with Crippen LogP contribution in [-0.4, -0.2) is 25.1 Å². The second-order valence-electron chi connectivity index (χ2n) is 8.05. The first-order valence-corrected chi connectivity index (χ1v) is 12.2. The average molecular weight is 486 g/mol. The second-order valence-corrected chi connectivity index (χ2v) is 9.28. The number of anilines is 1. The van der Waals surface area contributed by atoms with Gasteiger partial charge in [0.05, 0.1) is 6.61 Å². The first kappa shape index (κ1) is 24.2. The number of nitrogens with one attached hydrogen (secondary N) is 1. The Morgan fingerprint density at radius 2 is 1.46 bits per heavy atom. The summed E-state index contributed by atoms with van der Waals surface area (Å²) in [6, 6.07) is 25.5. The lowest BCUT2D eigenvalue weighted by atomic mass is 10.0. The number of thiophene rings is 1. The SMILES string of the molecule is CCOC(=O)c1c(NC(=O)COc2ccc(-c3ccc(C)cc3)cc2)sc(C)c1-c1ccccc1. The Morgan fingerprint density at radius 1 is 0.829 bits per heavy atom. The molecular weight excluding hydrogens is 458 g/mol. The minimum absolute atomic E-state index is 0.177. The zero-order valence-corrected chi connectivity index (χ0v) is 20.8. The van der Waals surface area contributed by atoms with Crippen LogP contribution < -0.4 is 10.1 Å². The van der Waals surface area contributed by atoms with Crippen LogP contribution in [0.2, 0.25) is 0 Å². The van der Waals surface area contributed by atoms with Crippen LogP contribution in [0.25, 0.3) is 22.3 Å². The Balaban J connectivity index is 1.47. The summed E-state index contributed by atoms with van der Waals surface area (Å²) in [7, 11) is 0. The zero-order chi connectivity index (χ0) is 24.8. The van der Waals surface area contributed by atoms with E-state index in [2.05, 4.69) is 36.5 Å². The van der Waals surface area contributed by atoms with E-state index in [0.717, 1.165) is 27.1 Å². The number of hydrogen-bond acceptors (Lipinski definition) is 5. The van der Waals surface area contributed by atoms with E-state index in [1.807, 2.05) is 61.5 Å². The molecule has 0 unspecified atom stereocenters. The maximum Gasteiger partial charge on any atom is 0.341 e. The smallest absolute Gasteiger partial charge is 0.341 e. The van der Waals surface area contributed by atoms with Gasteiger partial charge in [0, 0.05) is 10.4 Å².